The lowest BCUT2D eigenvalue weighted by Gasteiger charge is -2.22. The number of hydrogen-bond acceptors (Lipinski definition) is 6. The molecule has 0 saturated heterocycles. The lowest BCUT2D eigenvalue weighted by Crippen LogP contribution is -2.36. The molecule has 6 heteroatoms. The Hall–Kier alpha value is -1.59. The van der Waals surface area contributed by atoms with Crippen LogP contribution in [0.15, 0.2) is 0 Å². The molecule has 2 unspecified atom stereocenters. The quantitative estimate of drug-likeness (QED) is 0.558. The molecule has 0 radical (unpaired) electrons. The van der Waals surface area contributed by atoms with E-state index >= 15 is 0 Å². The van der Waals surface area contributed by atoms with E-state index in [1.165, 1.54) is 20.8 Å². The van der Waals surface area contributed by atoms with E-state index in [1.807, 2.05) is 0 Å². The predicted molar refractivity (Wildman–Crippen MR) is 62.6 cm³/mol. The molecule has 0 aliphatic rings. The SMILES string of the molecule is CC(=O)OC(C)C(=O)OC(C)C(=O)OC(C)(C)C. The van der Waals surface area contributed by atoms with Gasteiger partial charge in [0.1, 0.15) is 5.60 Å². The summed E-state index contributed by atoms with van der Waals surface area (Å²) in [5.74, 6) is -2.03. The standard InChI is InChI=1S/C12H20O6/c1-7(16-9(3)13)10(14)17-8(2)11(15)18-12(4,5)6/h7-8H,1-6H3. The van der Waals surface area contributed by atoms with Gasteiger partial charge in [-0.1, -0.05) is 0 Å². The number of carbonyl (C=O) groups excluding carboxylic acids is 3. The monoisotopic (exact) mass is 260 g/mol. The highest BCUT2D eigenvalue weighted by Crippen LogP contribution is 2.10. The van der Waals surface area contributed by atoms with Crippen molar-refractivity contribution >= 4 is 17.9 Å². The molecule has 0 aromatic rings. The highest BCUT2D eigenvalue weighted by atomic mass is 16.6. The molecule has 2 atom stereocenters. The Morgan fingerprint density at radius 1 is 0.889 bits per heavy atom. The van der Waals surface area contributed by atoms with Crippen molar-refractivity contribution in [1.29, 1.82) is 0 Å². The second-order valence-corrected chi connectivity index (χ2v) is 4.86. The first-order chi connectivity index (χ1) is 8.03. The summed E-state index contributed by atoms with van der Waals surface area (Å²) in [6.45, 7) is 9.07. The van der Waals surface area contributed by atoms with Crippen molar-refractivity contribution in [3.8, 4) is 0 Å². The molecule has 0 aliphatic heterocycles. The van der Waals surface area contributed by atoms with Crippen LogP contribution >= 0.6 is 0 Å². The third-order valence-corrected chi connectivity index (χ3v) is 1.71. The minimum Gasteiger partial charge on any atom is -0.457 e. The molecular weight excluding hydrogens is 240 g/mol. The number of rotatable bonds is 4. The maximum absolute atomic E-state index is 11.5. The highest BCUT2D eigenvalue weighted by Gasteiger charge is 2.27. The molecule has 0 saturated carbocycles. The molecule has 18 heavy (non-hydrogen) atoms. The van der Waals surface area contributed by atoms with E-state index in [1.54, 1.807) is 20.8 Å². The second-order valence-electron chi connectivity index (χ2n) is 4.86. The zero-order chi connectivity index (χ0) is 14.5. The van der Waals surface area contributed by atoms with Gasteiger partial charge in [0, 0.05) is 6.92 Å². The summed E-state index contributed by atoms with van der Waals surface area (Å²) in [5.41, 5.74) is -0.654. The van der Waals surface area contributed by atoms with Crippen LogP contribution in [0.4, 0.5) is 0 Å². The van der Waals surface area contributed by atoms with Gasteiger partial charge in [0.05, 0.1) is 0 Å². The molecular formula is C12H20O6. The van der Waals surface area contributed by atoms with Crippen LogP contribution in [0, 0.1) is 0 Å². The van der Waals surface area contributed by atoms with Gasteiger partial charge in [-0.25, -0.2) is 9.59 Å². The lowest BCUT2D eigenvalue weighted by atomic mass is 10.2. The maximum atomic E-state index is 11.5. The largest absolute Gasteiger partial charge is 0.457 e. The summed E-state index contributed by atoms with van der Waals surface area (Å²) in [5, 5.41) is 0. The molecule has 6 nitrogen and oxygen atoms in total. The van der Waals surface area contributed by atoms with Gasteiger partial charge < -0.3 is 14.2 Å². The van der Waals surface area contributed by atoms with E-state index in [4.69, 9.17) is 9.47 Å². The van der Waals surface area contributed by atoms with Crippen molar-refractivity contribution in [3.05, 3.63) is 0 Å². The molecule has 0 rings (SSSR count). The van der Waals surface area contributed by atoms with E-state index in [0.717, 1.165) is 0 Å². The fraction of sp³-hybridized carbons (Fsp3) is 0.750. The van der Waals surface area contributed by atoms with Gasteiger partial charge in [0.15, 0.2) is 12.2 Å². The minimum absolute atomic E-state index is 0.593. The zero-order valence-corrected chi connectivity index (χ0v) is 11.6. The Labute approximate surface area is 107 Å². The Balaban J connectivity index is 4.31. The summed E-state index contributed by atoms with van der Waals surface area (Å²) in [4.78, 5) is 33.6. The summed E-state index contributed by atoms with van der Waals surface area (Å²) in [6, 6.07) is 0. The summed E-state index contributed by atoms with van der Waals surface area (Å²) < 4.78 is 14.5. The van der Waals surface area contributed by atoms with Gasteiger partial charge in [-0.15, -0.1) is 0 Å². The van der Waals surface area contributed by atoms with Crippen molar-refractivity contribution < 1.29 is 28.6 Å². The fourth-order valence-electron chi connectivity index (χ4n) is 1.000. The van der Waals surface area contributed by atoms with Crippen LogP contribution < -0.4 is 0 Å². The van der Waals surface area contributed by atoms with E-state index in [2.05, 4.69) is 4.74 Å². The molecule has 0 aromatic carbocycles. The van der Waals surface area contributed by atoms with E-state index in [0.29, 0.717) is 0 Å². The Morgan fingerprint density at radius 3 is 1.72 bits per heavy atom. The van der Waals surface area contributed by atoms with Crippen LogP contribution in [-0.2, 0) is 28.6 Å². The molecule has 0 N–H and O–H groups in total. The van der Waals surface area contributed by atoms with Gasteiger partial charge in [-0.2, -0.15) is 0 Å². The summed E-state index contributed by atoms with van der Waals surface area (Å²) in [6.07, 6.45) is -2.10. The van der Waals surface area contributed by atoms with Crippen LogP contribution in [0.3, 0.4) is 0 Å². The van der Waals surface area contributed by atoms with E-state index in [9.17, 15) is 14.4 Å². The average molecular weight is 260 g/mol. The molecule has 0 heterocycles. The molecule has 0 amide bonds. The Bertz CT molecular complexity index is 328. The molecule has 104 valence electrons. The van der Waals surface area contributed by atoms with Crippen LogP contribution in [-0.4, -0.2) is 35.7 Å². The normalized spacial score (nSPS) is 14.3. The molecule has 0 bridgehead atoms. The Morgan fingerprint density at radius 2 is 1.33 bits per heavy atom. The zero-order valence-electron chi connectivity index (χ0n) is 11.6. The molecule has 0 spiro atoms. The average Bonchev–Trinajstić information content (AvgIpc) is 2.13. The number of carbonyl (C=O) groups is 3. The summed E-state index contributed by atoms with van der Waals surface area (Å²) >= 11 is 0. The fourth-order valence-corrected chi connectivity index (χ4v) is 1.000. The number of ether oxygens (including phenoxy) is 3. The van der Waals surface area contributed by atoms with Crippen molar-refractivity contribution in [2.24, 2.45) is 0 Å². The van der Waals surface area contributed by atoms with Crippen molar-refractivity contribution in [1.82, 2.24) is 0 Å². The third kappa shape index (κ3) is 6.88. The van der Waals surface area contributed by atoms with Gasteiger partial charge in [-0.05, 0) is 34.6 Å². The number of hydrogen-bond donors (Lipinski definition) is 0. The second kappa shape index (κ2) is 6.37. The van der Waals surface area contributed by atoms with Crippen LogP contribution in [0.25, 0.3) is 0 Å². The van der Waals surface area contributed by atoms with Gasteiger partial charge in [0.25, 0.3) is 0 Å². The summed E-state index contributed by atoms with van der Waals surface area (Å²) in [7, 11) is 0. The first kappa shape index (κ1) is 16.4. The first-order valence-electron chi connectivity index (χ1n) is 5.63. The van der Waals surface area contributed by atoms with Gasteiger partial charge in [0.2, 0.25) is 0 Å². The van der Waals surface area contributed by atoms with Crippen molar-refractivity contribution in [3.63, 3.8) is 0 Å². The molecule has 0 aliphatic carbocycles. The van der Waals surface area contributed by atoms with Gasteiger partial charge in [-0.3, -0.25) is 4.79 Å². The minimum atomic E-state index is -1.05. The van der Waals surface area contributed by atoms with Crippen LogP contribution in [0.5, 0.6) is 0 Å². The molecule has 0 aromatic heterocycles. The first-order valence-corrected chi connectivity index (χ1v) is 5.63. The van der Waals surface area contributed by atoms with Gasteiger partial charge >= 0.3 is 17.9 Å². The van der Waals surface area contributed by atoms with Crippen LogP contribution in [0.2, 0.25) is 0 Å². The van der Waals surface area contributed by atoms with Crippen LogP contribution in [0.1, 0.15) is 41.5 Å². The highest BCUT2D eigenvalue weighted by molar-refractivity contribution is 5.82. The third-order valence-electron chi connectivity index (χ3n) is 1.71. The van der Waals surface area contributed by atoms with E-state index in [-0.39, 0.29) is 0 Å². The maximum Gasteiger partial charge on any atom is 0.347 e. The molecule has 0 fully saturated rings. The number of esters is 3. The van der Waals surface area contributed by atoms with E-state index < -0.39 is 35.7 Å². The Kier molecular flexibility index (Phi) is 5.81. The predicted octanol–water partition coefficient (Wildman–Crippen LogP) is 1.21. The van der Waals surface area contributed by atoms with Crippen molar-refractivity contribution in [2.75, 3.05) is 0 Å². The smallest absolute Gasteiger partial charge is 0.347 e. The topological polar surface area (TPSA) is 78.9 Å². The lowest BCUT2D eigenvalue weighted by molar-refractivity contribution is -0.181. The van der Waals surface area contributed by atoms with Crippen molar-refractivity contribution in [2.45, 2.75) is 59.4 Å².